The van der Waals surface area contributed by atoms with Gasteiger partial charge in [0, 0.05) is 17.9 Å². The summed E-state index contributed by atoms with van der Waals surface area (Å²) >= 11 is 0. The Balaban J connectivity index is 1.89. The zero-order valence-electron chi connectivity index (χ0n) is 8.84. The van der Waals surface area contributed by atoms with E-state index in [0.717, 1.165) is 11.6 Å². The zero-order chi connectivity index (χ0) is 9.80. The van der Waals surface area contributed by atoms with E-state index in [4.69, 9.17) is 0 Å². The van der Waals surface area contributed by atoms with Gasteiger partial charge >= 0.3 is 0 Å². The number of aromatic amines is 1. The first kappa shape index (κ1) is 9.56. The second-order valence-corrected chi connectivity index (χ2v) is 4.25. The highest BCUT2D eigenvalue weighted by Gasteiger charge is 2.12. The fourth-order valence-electron chi connectivity index (χ4n) is 2.10. The van der Waals surface area contributed by atoms with E-state index in [0.29, 0.717) is 6.04 Å². The highest BCUT2D eigenvalue weighted by atomic mass is 15.1. The Morgan fingerprint density at radius 1 is 1.29 bits per heavy atom. The van der Waals surface area contributed by atoms with Crippen molar-refractivity contribution in [3.05, 3.63) is 11.9 Å². The zero-order valence-corrected chi connectivity index (χ0v) is 8.84. The maximum Gasteiger partial charge on any atom is 0.200 e. The van der Waals surface area contributed by atoms with E-state index in [1.54, 1.807) is 0 Å². The van der Waals surface area contributed by atoms with Gasteiger partial charge in [-0.3, -0.25) is 0 Å². The third kappa shape index (κ3) is 2.50. The predicted octanol–water partition coefficient (Wildman–Crippen LogP) is 2.85. The molecule has 0 aromatic carbocycles. The Morgan fingerprint density at radius 2 is 2.00 bits per heavy atom. The van der Waals surface area contributed by atoms with E-state index in [9.17, 15) is 0 Å². The molecular formula is C11H19N3. The summed E-state index contributed by atoms with van der Waals surface area (Å²) in [5, 5.41) is 3.48. The average molecular weight is 193 g/mol. The monoisotopic (exact) mass is 193 g/mol. The average Bonchev–Trinajstić information content (AvgIpc) is 2.43. The number of nitrogens with one attached hydrogen (secondary N) is 2. The molecule has 0 atom stereocenters. The summed E-state index contributed by atoms with van der Waals surface area (Å²) in [5.74, 6) is 0.939. The van der Waals surface area contributed by atoms with Crippen LogP contribution >= 0.6 is 0 Å². The van der Waals surface area contributed by atoms with Gasteiger partial charge in [-0.25, -0.2) is 4.98 Å². The Labute approximate surface area is 85.3 Å². The summed E-state index contributed by atoms with van der Waals surface area (Å²) in [7, 11) is 0. The van der Waals surface area contributed by atoms with Crippen LogP contribution in [0.5, 0.6) is 0 Å². The molecular weight excluding hydrogens is 174 g/mol. The highest BCUT2D eigenvalue weighted by molar-refractivity contribution is 5.27. The molecule has 0 saturated heterocycles. The fraction of sp³-hybridized carbons (Fsp3) is 0.727. The summed E-state index contributed by atoms with van der Waals surface area (Å²) in [4.78, 5) is 7.50. The van der Waals surface area contributed by atoms with Crippen molar-refractivity contribution in [3.8, 4) is 0 Å². The van der Waals surface area contributed by atoms with Crippen LogP contribution in [0, 0.1) is 6.92 Å². The normalized spacial score (nSPS) is 19.2. The largest absolute Gasteiger partial charge is 0.353 e. The van der Waals surface area contributed by atoms with Gasteiger partial charge in [-0.1, -0.05) is 25.7 Å². The van der Waals surface area contributed by atoms with Gasteiger partial charge in [0.25, 0.3) is 0 Å². The molecule has 1 aliphatic rings. The van der Waals surface area contributed by atoms with E-state index in [2.05, 4.69) is 15.3 Å². The van der Waals surface area contributed by atoms with Crippen molar-refractivity contribution in [2.75, 3.05) is 5.32 Å². The van der Waals surface area contributed by atoms with Crippen LogP contribution in [-0.2, 0) is 0 Å². The molecule has 2 N–H and O–H groups in total. The summed E-state index contributed by atoms with van der Waals surface area (Å²) < 4.78 is 0. The van der Waals surface area contributed by atoms with E-state index in [1.807, 2.05) is 13.1 Å². The Hall–Kier alpha value is -0.990. The fourth-order valence-corrected chi connectivity index (χ4v) is 2.10. The number of aromatic nitrogens is 2. The SMILES string of the molecule is Cc1cnc(NC2CCCCCC2)[nH]1. The van der Waals surface area contributed by atoms with E-state index in [1.165, 1.54) is 38.5 Å². The topological polar surface area (TPSA) is 40.7 Å². The molecule has 3 nitrogen and oxygen atoms in total. The first-order chi connectivity index (χ1) is 6.84. The number of aryl methyl sites for hydroxylation is 1. The number of anilines is 1. The Morgan fingerprint density at radius 3 is 2.57 bits per heavy atom. The van der Waals surface area contributed by atoms with Crippen LogP contribution in [0.15, 0.2) is 6.20 Å². The second kappa shape index (κ2) is 4.49. The molecule has 1 saturated carbocycles. The Bertz CT molecular complexity index is 272. The van der Waals surface area contributed by atoms with Crippen molar-refractivity contribution in [2.24, 2.45) is 0 Å². The maximum atomic E-state index is 4.27. The van der Waals surface area contributed by atoms with Gasteiger partial charge in [-0.15, -0.1) is 0 Å². The van der Waals surface area contributed by atoms with Gasteiger partial charge in [0.2, 0.25) is 5.95 Å². The van der Waals surface area contributed by atoms with Gasteiger partial charge in [0.15, 0.2) is 0 Å². The van der Waals surface area contributed by atoms with Crippen LogP contribution in [0.2, 0.25) is 0 Å². The van der Waals surface area contributed by atoms with Crippen LogP contribution in [0.3, 0.4) is 0 Å². The quantitative estimate of drug-likeness (QED) is 0.709. The van der Waals surface area contributed by atoms with Crippen molar-refractivity contribution >= 4 is 5.95 Å². The molecule has 0 aliphatic heterocycles. The van der Waals surface area contributed by atoms with E-state index in [-0.39, 0.29) is 0 Å². The highest BCUT2D eigenvalue weighted by Crippen LogP contribution is 2.19. The van der Waals surface area contributed by atoms with Crippen molar-refractivity contribution < 1.29 is 0 Å². The van der Waals surface area contributed by atoms with E-state index < -0.39 is 0 Å². The standard InChI is InChI=1S/C11H19N3/c1-9-8-12-11(13-9)14-10-6-4-2-3-5-7-10/h8,10H,2-7H2,1H3,(H2,12,13,14). The minimum Gasteiger partial charge on any atom is -0.353 e. The van der Waals surface area contributed by atoms with Gasteiger partial charge in [-0.05, 0) is 19.8 Å². The lowest BCUT2D eigenvalue weighted by Crippen LogP contribution is -2.18. The van der Waals surface area contributed by atoms with Gasteiger partial charge in [0.1, 0.15) is 0 Å². The van der Waals surface area contributed by atoms with Crippen LogP contribution in [0.4, 0.5) is 5.95 Å². The van der Waals surface area contributed by atoms with Gasteiger partial charge < -0.3 is 10.3 Å². The number of nitrogens with zero attached hydrogens (tertiary/aromatic N) is 1. The number of hydrogen-bond acceptors (Lipinski definition) is 2. The number of hydrogen-bond donors (Lipinski definition) is 2. The van der Waals surface area contributed by atoms with Gasteiger partial charge in [-0.2, -0.15) is 0 Å². The van der Waals surface area contributed by atoms with E-state index >= 15 is 0 Å². The van der Waals surface area contributed by atoms with Crippen molar-refractivity contribution in [1.29, 1.82) is 0 Å². The molecule has 2 rings (SSSR count). The molecule has 78 valence electrons. The second-order valence-electron chi connectivity index (χ2n) is 4.25. The lowest BCUT2D eigenvalue weighted by molar-refractivity contribution is 0.616. The lowest BCUT2D eigenvalue weighted by atomic mass is 10.1. The molecule has 3 heteroatoms. The molecule has 1 aromatic heterocycles. The third-order valence-corrected chi connectivity index (χ3v) is 2.90. The van der Waals surface area contributed by atoms with Crippen molar-refractivity contribution in [3.63, 3.8) is 0 Å². The molecule has 1 aromatic rings. The molecule has 1 fully saturated rings. The first-order valence-electron chi connectivity index (χ1n) is 5.63. The summed E-state index contributed by atoms with van der Waals surface area (Å²) in [5.41, 5.74) is 1.13. The number of rotatable bonds is 2. The summed E-state index contributed by atoms with van der Waals surface area (Å²) in [6.45, 7) is 2.03. The number of imidazole rings is 1. The maximum absolute atomic E-state index is 4.27. The Kier molecular flexibility index (Phi) is 3.07. The van der Waals surface area contributed by atoms with Gasteiger partial charge in [0.05, 0.1) is 0 Å². The molecule has 14 heavy (non-hydrogen) atoms. The van der Waals surface area contributed by atoms with Crippen LogP contribution in [-0.4, -0.2) is 16.0 Å². The molecule has 1 aliphatic carbocycles. The molecule has 0 spiro atoms. The minimum atomic E-state index is 0.628. The van der Waals surface area contributed by atoms with Crippen LogP contribution < -0.4 is 5.32 Å². The lowest BCUT2D eigenvalue weighted by Gasteiger charge is -2.14. The molecule has 0 unspecified atom stereocenters. The molecule has 1 heterocycles. The molecule has 0 amide bonds. The first-order valence-corrected chi connectivity index (χ1v) is 5.63. The summed E-state index contributed by atoms with van der Waals surface area (Å²) in [6, 6.07) is 0.628. The molecule has 0 bridgehead atoms. The predicted molar refractivity (Wildman–Crippen MR) is 58.4 cm³/mol. The van der Waals surface area contributed by atoms with Crippen molar-refractivity contribution in [1.82, 2.24) is 9.97 Å². The number of H-pyrrole nitrogens is 1. The third-order valence-electron chi connectivity index (χ3n) is 2.90. The molecule has 0 radical (unpaired) electrons. The van der Waals surface area contributed by atoms with Crippen molar-refractivity contribution in [2.45, 2.75) is 51.5 Å². The minimum absolute atomic E-state index is 0.628. The van der Waals surface area contributed by atoms with Crippen LogP contribution in [0.25, 0.3) is 0 Å². The smallest absolute Gasteiger partial charge is 0.200 e. The summed E-state index contributed by atoms with van der Waals surface area (Å²) in [6.07, 6.45) is 9.97. The van der Waals surface area contributed by atoms with Crippen LogP contribution in [0.1, 0.15) is 44.2 Å².